The Morgan fingerprint density at radius 1 is 1.47 bits per heavy atom. The molecule has 2 unspecified atom stereocenters. The van der Waals surface area contributed by atoms with E-state index in [0.29, 0.717) is 13.1 Å². The van der Waals surface area contributed by atoms with E-state index >= 15 is 0 Å². The van der Waals surface area contributed by atoms with Gasteiger partial charge in [0.15, 0.2) is 0 Å². The van der Waals surface area contributed by atoms with Crippen LogP contribution in [0.15, 0.2) is 0 Å². The molecule has 2 aliphatic rings. The summed E-state index contributed by atoms with van der Waals surface area (Å²) in [5.74, 6) is -0.745. The smallest absolute Gasteiger partial charge is 0.317 e. The first-order chi connectivity index (χ1) is 8.92. The fourth-order valence-electron chi connectivity index (χ4n) is 2.91. The van der Waals surface area contributed by atoms with E-state index in [1.807, 2.05) is 0 Å². The number of carbonyl (C=O) groups is 2. The van der Waals surface area contributed by atoms with Gasteiger partial charge in [0.1, 0.15) is 0 Å². The van der Waals surface area contributed by atoms with Crippen molar-refractivity contribution in [3.8, 4) is 0 Å². The Bertz CT molecular complexity index is 366. The number of urea groups is 1. The monoisotopic (exact) mass is 270 g/mol. The second-order valence-corrected chi connectivity index (χ2v) is 5.87. The molecule has 6 nitrogen and oxygen atoms in total. The molecule has 0 aromatic rings. The van der Waals surface area contributed by atoms with Crippen LogP contribution >= 0.6 is 0 Å². The molecule has 0 aromatic carbocycles. The molecule has 1 aliphatic carbocycles. The lowest BCUT2D eigenvalue weighted by atomic mass is 9.74. The zero-order valence-electron chi connectivity index (χ0n) is 11.3. The van der Waals surface area contributed by atoms with Crippen LogP contribution in [-0.2, 0) is 4.79 Å². The van der Waals surface area contributed by atoms with E-state index in [-0.39, 0.29) is 18.4 Å². The van der Waals surface area contributed by atoms with Gasteiger partial charge in [-0.1, -0.05) is 0 Å². The number of hydrogen-bond donors (Lipinski definition) is 3. The summed E-state index contributed by atoms with van der Waals surface area (Å²) in [4.78, 5) is 24.7. The van der Waals surface area contributed by atoms with E-state index < -0.39 is 17.6 Å². The summed E-state index contributed by atoms with van der Waals surface area (Å²) in [5, 5.41) is 21.3. The van der Waals surface area contributed by atoms with E-state index in [0.717, 1.165) is 25.7 Å². The Kier molecular flexibility index (Phi) is 3.99. The average molecular weight is 270 g/mol. The van der Waals surface area contributed by atoms with Crippen LogP contribution < -0.4 is 5.32 Å². The molecule has 2 atom stereocenters. The van der Waals surface area contributed by atoms with Gasteiger partial charge in [0, 0.05) is 19.0 Å². The Morgan fingerprint density at radius 3 is 2.58 bits per heavy atom. The lowest BCUT2D eigenvalue weighted by molar-refractivity contribution is -0.139. The molecule has 6 heteroatoms. The third kappa shape index (κ3) is 3.18. The molecule has 3 N–H and O–H groups in total. The van der Waals surface area contributed by atoms with Crippen molar-refractivity contribution < 1.29 is 19.8 Å². The number of aliphatic hydroxyl groups excluding tert-OH is 1. The van der Waals surface area contributed by atoms with Crippen LogP contribution in [0.5, 0.6) is 0 Å². The molecule has 0 bridgehead atoms. The van der Waals surface area contributed by atoms with Crippen molar-refractivity contribution in [1.29, 1.82) is 0 Å². The summed E-state index contributed by atoms with van der Waals surface area (Å²) in [6.45, 7) is 2.92. The van der Waals surface area contributed by atoms with Crippen molar-refractivity contribution >= 4 is 12.0 Å². The van der Waals surface area contributed by atoms with Crippen molar-refractivity contribution in [1.82, 2.24) is 10.2 Å². The zero-order chi connectivity index (χ0) is 14.0. The first-order valence-corrected chi connectivity index (χ1v) is 6.89. The standard InChI is InChI=1S/C13H22N2O4/c1-9(16)10-3-6-15(8-10)12(19)14-13(4-2-5-13)7-11(17)18/h9-10,16H,2-8H2,1H3,(H,14,19)(H,17,18). The second-order valence-electron chi connectivity index (χ2n) is 5.87. The van der Waals surface area contributed by atoms with E-state index in [9.17, 15) is 14.7 Å². The number of carboxylic acid groups (broad SMARTS) is 1. The topological polar surface area (TPSA) is 89.9 Å². The lowest BCUT2D eigenvalue weighted by Gasteiger charge is -2.42. The maximum absolute atomic E-state index is 12.1. The van der Waals surface area contributed by atoms with Gasteiger partial charge in [0.25, 0.3) is 0 Å². The Hall–Kier alpha value is -1.30. The normalized spacial score (nSPS) is 26.6. The predicted molar refractivity (Wildman–Crippen MR) is 68.7 cm³/mol. The Balaban J connectivity index is 1.89. The Labute approximate surface area is 112 Å². The van der Waals surface area contributed by atoms with Gasteiger partial charge in [0.2, 0.25) is 0 Å². The second kappa shape index (κ2) is 5.36. The molecule has 0 aromatic heterocycles. The fraction of sp³-hybridized carbons (Fsp3) is 0.846. The molecule has 108 valence electrons. The molecule has 2 rings (SSSR count). The molecule has 1 saturated heterocycles. The summed E-state index contributed by atoms with van der Waals surface area (Å²) in [6.07, 6.45) is 2.82. The van der Waals surface area contributed by atoms with Crippen LogP contribution in [0.4, 0.5) is 4.79 Å². The van der Waals surface area contributed by atoms with Gasteiger partial charge in [-0.2, -0.15) is 0 Å². The molecule has 1 aliphatic heterocycles. The molecule has 19 heavy (non-hydrogen) atoms. The SMILES string of the molecule is CC(O)C1CCN(C(=O)NC2(CC(=O)O)CCC2)C1. The summed E-state index contributed by atoms with van der Waals surface area (Å²) < 4.78 is 0. The number of aliphatic hydroxyl groups is 1. The number of amides is 2. The van der Waals surface area contributed by atoms with E-state index in [2.05, 4.69) is 5.32 Å². The maximum atomic E-state index is 12.1. The molecule has 2 amide bonds. The highest BCUT2D eigenvalue weighted by Crippen LogP contribution is 2.35. The van der Waals surface area contributed by atoms with Crippen molar-refractivity contribution in [2.24, 2.45) is 5.92 Å². The fourth-order valence-corrected chi connectivity index (χ4v) is 2.91. The van der Waals surface area contributed by atoms with Crippen molar-refractivity contribution in [2.45, 2.75) is 50.7 Å². The van der Waals surface area contributed by atoms with E-state index in [4.69, 9.17) is 5.11 Å². The third-order valence-electron chi connectivity index (χ3n) is 4.37. The zero-order valence-corrected chi connectivity index (χ0v) is 11.3. The molecule has 1 saturated carbocycles. The largest absolute Gasteiger partial charge is 0.481 e. The van der Waals surface area contributed by atoms with Gasteiger partial charge < -0.3 is 20.4 Å². The number of hydrogen-bond acceptors (Lipinski definition) is 3. The summed E-state index contributed by atoms with van der Waals surface area (Å²) >= 11 is 0. The van der Waals surface area contributed by atoms with Crippen molar-refractivity contribution in [3.05, 3.63) is 0 Å². The van der Waals surface area contributed by atoms with Crippen LogP contribution in [0.2, 0.25) is 0 Å². The first-order valence-electron chi connectivity index (χ1n) is 6.89. The molecular weight excluding hydrogens is 248 g/mol. The molecule has 2 fully saturated rings. The van der Waals surface area contributed by atoms with Crippen LogP contribution in [0.25, 0.3) is 0 Å². The molecule has 0 radical (unpaired) electrons. The number of carboxylic acids is 1. The summed E-state index contributed by atoms with van der Waals surface area (Å²) in [6, 6.07) is -0.191. The first kappa shape index (κ1) is 14.1. The highest BCUT2D eigenvalue weighted by Gasteiger charge is 2.42. The maximum Gasteiger partial charge on any atom is 0.317 e. The van der Waals surface area contributed by atoms with Crippen molar-refractivity contribution in [3.63, 3.8) is 0 Å². The highest BCUT2D eigenvalue weighted by atomic mass is 16.4. The number of likely N-dealkylation sites (tertiary alicyclic amines) is 1. The van der Waals surface area contributed by atoms with Gasteiger partial charge in [-0.25, -0.2) is 4.79 Å². The van der Waals surface area contributed by atoms with Crippen LogP contribution in [0.1, 0.15) is 39.0 Å². The number of nitrogens with zero attached hydrogens (tertiary/aromatic N) is 1. The highest BCUT2D eigenvalue weighted by molar-refractivity contribution is 5.77. The minimum absolute atomic E-state index is 0.00753. The molecule has 1 heterocycles. The minimum Gasteiger partial charge on any atom is -0.481 e. The van der Waals surface area contributed by atoms with Crippen molar-refractivity contribution in [2.75, 3.05) is 13.1 Å². The quantitative estimate of drug-likeness (QED) is 0.704. The Morgan fingerprint density at radius 2 is 2.16 bits per heavy atom. The summed E-state index contributed by atoms with van der Waals surface area (Å²) in [5.41, 5.74) is -0.550. The number of nitrogens with one attached hydrogen (secondary N) is 1. The van der Waals surface area contributed by atoms with Gasteiger partial charge in [-0.05, 0) is 32.6 Å². The predicted octanol–water partition coefficient (Wildman–Crippen LogP) is 0.796. The number of carbonyl (C=O) groups excluding carboxylic acids is 1. The average Bonchev–Trinajstić information content (AvgIpc) is 2.74. The number of aliphatic carboxylic acids is 1. The van der Waals surface area contributed by atoms with Gasteiger partial charge in [-0.15, -0.1) is 0 Å². The van der Waals surface area contributed by atoms with Crippen LogP contribution in [0, 0.1) is 5.92 Å². The van der Waals surface area contributed by atoms with Crippen LogP contribution in [0.3, 0.4) is 0 Å². The lowest BCUT2D eigenvalue weighted by Crippen LogP contribution is -2.57. The summed E-state index contributed by atoms with van der Waals surface area (Å²) in [7, 11) is 0. The minimum atomic E-state index is -0.872. The molecular formula is C13H22N2O4. The number of rotatable bonds is 4. The third-order valence-corrected chi connectivity index (χ3v) is 4.37. The molecule has 0 spiro atoms. The van der Waals surface area contributed by atoms with E-state index in [1.54, 1.807) is 11.8 Å². The van der Waals surface area contributed by atoms with Gasteiger partial charge in [-0.3, -0.25) is 4.79 Å². The van der Waals surface area contributed by atoms with Crippen LogP contribution in [-0.4, -0.2) is 51.8 Å². The van der Waals surface area contributed by atoms with Gasteiger partial charge >= 0.3 is 12.0 Å². The van der Waals surface area contributed by atoms with Gasteiger partial charge in [0.05, 0.1) is 18.1 Å². The van der Waals surface area contributed by atoms with E-state index in [1.165, 1.54) is 0 Å².